The van der Waals surface area contributed by atoms with E-state index in [1.807, 2.05) is 0 Å². The Bertz CT molecular complexity index is 1100. The number of hydrogen-bond donors (Lipinski definition) is 6. The number of rotatable bonds is 4. The van der Waals surface area contributed by atoms with Crippen LogP contribution in [0.1, 0.15) is 28.4 Å². The number of phenols is 3. The number of methoxy groups -OCH3 is 1. The van der Waals surface area contributed by atoms with Gasteiger partial charge < -0.3 is 49.6 Å². The minimum atomic E-state index is -1.87. The largest absolute Gasteiger partial charge is 0.508 e. The first-order chi connectivity index (χ1) is 16.1. The lowest BCUT2D eigenvalue weighted by Crippen LogP contribution is -2.61. The molecular weight excluding hydrogens is 456 g/mol. The Morgan fingerprint density at radius 1 is 1.00 bits per heavy atom. The zero-order valence-corrected chi connectivity index (χ0v) is 17.7. The average molecular weight is 478 g/mol. The number of ketones is 1. The number of ether oxygens (including phenoxy) is 4. The van der Waals surface area contributed by atoms with Crippen LogP contribution in [0.15, 0.2) is 30.3 Å². The van der Waals surface area contributed by atoms with Gasteiger partial charge in [-0.15, -0.1) is 0 Å². The average Bonchev–Trinajstić information content (AvgIpc) is 2.82. The molecule has 0 spiro atoms. The molecule has 1 saturated heterocycles. The molecule has 2 aliphatic rings. The smallest absolute Gasteiger partial charge is 0.337 e. The van der Waals surface area contributed by atoms with E-state index in [2.05, 4.69) is 4.74 Å². The quantitative estimate of drug-likeness (QED) is 0.252. The van der Waals surface area contributed by atoms with Crippen LogP contribution in [0.4, 0.5) is 0 Å². The Morgan fingerprint density at radius 2 is 1.68 bits per heavy atom. The van der Waals surface area contributed by atoms with E-state index in [4.69, 9.17) is 14.2 Å². The number of carbonyl (C=O) groups is 2. The molecule has 12 heteroatoms. The Balaban J connectivity index is 1.64. The molecule has 0 saturated carbocycles. The highest BCUT2D eigenvalue weighted by Gasteiger charge is 2.49. The number of esters is 1. The van der Waals surface area contributed by atoms with Crippen LogP contribution in [-0.4, -0.2) is 80.2 Å². The summed E-state index contributed by atoms with van der Waals surface area (Å²) in [7, 11) is 1.03. The molecule has 2 aromatic rings. The van der Waals surface area contributed by atoms with Crippen LogP contribution in [-0.2, 0) is 14.3 Å². The van der Waals surface area contributed by atoms with Gasteiger partial charge in [0.25, 0.3) is 0 Å². The van der Waals surface area contributed by atoms with Gasteiger partial charge in [-0.05, 0) is 17.7 Å². The van der Waals surface area contributed by atoms with Crippen molar-refractivity contribution >= 4 is 11.8 Å². The first-order valence-electron chi connectivity index (χ1n) is 10.1. The number of aliphatic hydroxyl groups is 3. The molecule has 0 bridgehead atoms. The van der Waals surface area contributed by atoms with E-state index in [-0.39, 0.29) is 23.5 Å². The van der Waals surface area contributed by atoms with Crippen LogP contribution in [0, 0.1) is 0 Å². The lowest BCUT2D eigenvalue weighted by Gasteiger charge is -2.39. The number of hydrogen-bond acceptors (Lipinski definition) is 12. The number of carbonyl (C=O) groups excluding carboxylic acids is 2. The summed E-state index contributed by atoms with van der Waals surface area (Å²) in [6.07, 6.45) is -9.96. The summed E-state index contributed by atoms with van der Waals surface area (Å²) in [5.41, 5.74) is 0.281. The SMILES string of the molecule is COC(=O)C1OC(Oc2cc3c(c(O)c2O)C(=O)CC(c2ccc(O)cc2)O3)C(O)C(O)C1O. The lowest BCUT2D eigenvalue weighted by molar-refractivity contribution is -0.272. The van der Waals surface area contributed by atoms with E-state index >= 15 is 0 Å². The van der Waals surface area contributed by atoms with Gasteiger partial charge in [0.05, 0.1) is 13.5 Å². The first kappa shape index (κ1) is 23.6. The van der Waals surface area contributed by atoms with Gasteiger partial charge in [-0.2, -0.15) is 0 Å². The van der Waals surface area contributed by atoms with Crippen molar-refractivity contribution in [2.24, 2.45) is 0 Å². The fraction of sp³-hybridized carbons (Fsp3) is 0.364. The molecular formula is C22H22O12. The van der Waals surface area contributed by atoms with Crippen LogP contribution in [0.3, 0.4) is 0 Å². The van der Waals surface area contributed by atoms with Crippen molar-refractivity contribution < 1.29 is 59.2 Å². The maximum absolute atomic E-state index is 12.7. The minimum Gasteiger partial charge on any atom is -0.508 e. The van der Waals surface area contributed by atoms with Crippen molar-refractivity contribution in [2.45, 2.75) is 43.2 Å². The van der Waals surface area contributed by atoms with Crippen LogP contribution in [0.5, 0.6) is 28.7 Å². The van der Waals surface area contributed by atoms with Gasteiger partial charge in [0.15, 0.2) is 23.4 Å². The van der Waals surface area contributed by atoms with Gasteiger partial charge in [0, 0.05) is 6.07 Å². The van der Waals surface area contributed by atoms with Crippen molar-refractivity contribution in [3.05, 3.63) is 41.5 Å². The van der Waals surface area contributed by atoms with Crippen molar-refractivity contribution in [1.82, 2.24) is 0 Å². The standard InChI is InChI=1S/C22H22O12/c1-31-21(30)20-18(28)17(27)19(29)22(34-20)33-13-7-12-14(16(26)15(13)25)10(24)6-11(32-12)8-2-4-9(23)5-3-8/h2-5,7,11,17-20,22-23,25-29H,6H2,1H3. The van der Waals surface area contributed by atoms with Gasteiger partial charge in [-0.1, -0.05) is 12.1 Å². The van der Waals surface area contributed by atoms with Gasteiger partial charge >= 0.3 is 5.97 Å². The molecule has 0 aliphatic carbocycles. The predicted molar refractivity (Wildman–Crippen MR) is 110 cm³/mol. The molecule has 6 atom stereocenters. The summed E-state index contributed by atoms with van der Waals surface area (Å²) >= 11 is 0. The second-order valence-corrected chi connectivity index (χ2v) is 7.81. The Morgan fingerprint density at radius 3 is 2.32 bits per heavy atom. The first-order valence-corrected chi connectivity index (χ1v) is 10.1. The van der Waals surface area contributed by atoms with Crippen molar-refractivity contribution in [2.75, 3.05) is 7.11 Å². The highest BCUT2D eigenvalue weighted by atomic mass is 16.7. The summed E-state index contributed by atoms with van der Waals surface area (Å²) < 4.78 is 20.9. The van der Waals surface area contributed by atoms with Gasteiger partial charge in [-0.25, -0.2) is 4.79 Å². The number of phenolic OH excluding ortho intramolecular Hbond substituents is 3. The Kier molecular flexibility index (Phi) is 6.23. The minimum absolute atomic E-state index is 0.0214. The van der Waals surface area contributed by atoms with E-state index in [1.165, 1.54) is 12.1 Å². The third-order valence-electron chi connectivity index (χ3n) is 5.63. The molecule has 0 amide bonds. The highest BCUT2D eigenvalue weighted by Crippen LogP contribution is 2.49. The topological polar surface area (TPSA) is 192 Å². The highest BCUT2D eigenvalue weighted by molar-refractivity contribution is 6.03. The fourth-order valence-electron chi connectivity index (χ4n) is 3.79. The predicted octanol–water partition coefficient (Wildman–Crippen LogP) is -0.131. The van der Waals surface area contributed by atoms with E-state index in [0.29, 0.717) is 5.56 Å². The summed E-state index contributed by atoms with van der Waals surface area (Å²) in [5, 5.41) is 60.6. The van der Waals surface area contributed by atoms with E-state index < -0.39 is 65.8 Å². The van der Waals surface area contributed by atoms with Crippen molar-refractivity contribution in [3.8, 4) is 28.7 Å². The Hall–Kier alpha value is -3.58. The molecule has 182 valence electrons. The second kappa shape index (κ2) is 8.99. The molecule has 0 aromatic heterocycles. The molecule has 2 aliphatic heterocycles. The third kappa shape index (κ3) is 4.07. The summed E-state index contributed by atoms with van der Waals surface area (Å²) in [4.78, 5) is 24.5. The normalized spacial score (nSPS) is 28.5. The van der Waals surface area contributed by atoms with E-state index in [0.717, 1.165) is 13.2 Å². The zero-order chi connectivity index (χ0) is 24.7. The van der Waals surface area contributed by atoms with Crippen molar-refractivity contribution in [3.63, 3.8) is 0 Å². The Labute approximate surface area is 192 Å². The fourth-order valence-corrected chi connectivity index (χ4v) is 3.79. The number of benzene rings is 2. The molecule has 2 aromatic carbocycles. The van der Waals surface area contributed by atoms with Crippen LogP contribution in [0.25, 0.3) is 0 Å². The van der Waals surface area contributed by atoms with Gasteiger partial charge in [-0.3, -0.25) is 4.79 Å². The van der Waals surface area contributed by atoms with Crippen LogP contribution in [0.2, 0.25) is 0 Å². The number of aromatic hydroxyl groups is 3. The maximum Gasteiger partial charge on any atom is 0.337 e. The number of aliphatic hydroxyl groups excluding tert-OH is 3. The number of Topliss-reactive ketones (excluding diaryl/α,β-unsaturated/α-hetero) is 1. The second-order valence-electron chi connectivity index (χ2n) is 7.81. The molecule has 12 nitrogen and oxygen atoms in total. The van der Waals surface area contributed by atoms with Crippen LogP contribution < -0.4 is 9.47 Å². The molecule has 0 radical (unpaired) electrons. The number of fused-ring (bicyclic) bond motifs is 1. The monoisotopic (exact) mass is 478 g/mol. The van der Waals surface area contributed by atoms with Gasteiger partial charge in [0.2, 0.25) is 12.0 Å². The van der Waals surface area contributed by atoms with Crippen LogP contribution >= 0.6 is 0 Å². The summed E-state index contributed by atoms with van der Waals surface area (Å²) in [6, 6.07) is 7.03. The zero-order valence-electron chi connectivity index (χ0n) is 17.7. The summed E-state index contributed by atoms with van der Waals surface area (Å²) in [5.74, 6) is -3.90. The van der Waals surface area contributed by atoms with E-state index in [9.17, 15) is 40.2 Å². The molecule has 4 rings (SSSR count). The lowest BCUT2D eigenvalue weighted by atomic mass is 9.95. The maximum atomic E-state index is 12.7. The molecule has 6 N–H and O–H groups in total. The summed E-state index contributed by atoms with van der Waals surface area (Å²) in [6.45, 7) is 0. The molecule has 34 heavy (non-hydrogen) atoms. The molecule has 6 unspecified atom stereocenters. The van der Waals surface area contributed by atoms with Crippen molar-refractivity contribution in [1.29, 1.82) is 0 Å². The van der Waals surface area contributed by atoms with E-state index in [1.54, 1.807) is 12.1 Å². The molecule has 2 heterocycles. The molecule has 1 fully saturated rings. The third-order valence-corrected chi connectivity index (χ3v) is 5.63. The van der Waals surface area contributed by atoms with Gasteiger partial charge in [0.1, 0.15) is 41.5 Å².